The van der Waals surface area contributed by atoms with Gasteiger partial charge in [-0.05, 0) is 25.7 Å². The second-order valence-corrected chi connectivity index (χ2v) is 9.22. The molecule has 1 saturated carbocycles. The minimum atomic E-state index is 0.769. The zero-order valence-electron chi connectivity index (χ0n) is 16.4. The molecule has 1 spiro atoms. The SMILES string of the molecule is CCCCCCCCCCCC[N+]1(C)CCC2(CCCCC2)C1. The molecule has 0 aromatic heterocycles. The van der Waals surface area contributed by atoms with Gasteiger partial charge in [-0.3, -0.25) is 0 Å². The fraction of sp³-hybridized carbons (Fsp3) is 1.00. The lowest BCUT2D eigenvalue weighted by Crippen LogP contribution is -2.44. The number of rotatable bonds is 11. The summed E-state index contributed by atoms with van der Waals surface area (Å²) >= 11 is 0. The minimum absolute atomic E-state index is 0.769. The van der Waals surface area contributed by atoms with Crippen LogP contribution in [0.5, 0.6) is 0 Å². The molecule has 0 bridgehead atoms. The number of quaternary nitrogens is 1. The van der Waals surface area contributed by atoms with Crippen molar-refractivity contribution in [3.63, 3.8) is 0 Å². The molecule has 0 amide bonds. The van der Waals surface area contributed by atoms with Crippen molar-refractivity contribution in [3.8, 4) is 0 Å². The van der Waals surface area contributed by atoms with E-state index in [1.807, 2.05) is 0 Å². The Balaban J connectivity index is 1.48. The highest BCUT2D eigenvalue weighted by Crippen LogP contribution is 2.45. The highest BCUT2D eigenvalue weighted by atomic mass is 15.4. The van der Waals surface area contributed by atoms with E-state index in [2.05, 4.69) is 14.0 Å². The summed E-state index contributed by atoms with van der Waals surface area (Å²) in [4.78, 5) is 0. The van der Waals surface area contributed by atoms with Gasteiger partial charge in [0.1, 0.15) is 0 Å². The van der Waals surface area contributed by atoms with Gasteiger partial charge in [0.15, 0.2) is 0 Å². The van der Waals surface area contributed by atoms with Crippen LogP contribution in [0.3, 0.4) is 0 Å². The fourth-order valence-electron chi connectivity index (χ4n) is 5.36. The quantitative estimate of drug-likeness (QED) is 0.293. The molecule has 1 nitrogen and oxygen atoms in total. The molecule has 1 saturated heterocycles. The van der Waals surface area contributed by atoms with Crippen molar-refractivity contribution in [1.82, 2.24) is 0 Å². The lowest BCUT2D eigenvalue weighted by molar-refractivity contribution is -0.901. The van der Waals surface area contributed by atoms with E-state index in [0.29, 0.717) is 0 Å². The van der Waals surface area contributed by atoms with Gasteiger partial charge < -0.3 is 4.48 Å². The van der Waals surface area contributed by atoms with Crippen molar-refractivity contribution in [3.05, 3.63) is 0 Å². The molecule has 1 atom stereocenters. The lowest BCUT2D eigenvalue weighted by Gasteiger charge is -2.36. The van der Waals surface area contributed by atoms with Gasteiger partial charge in [0, 0.05) is 11.8 Å². The molecular weight excluding hydrogens is 278 g/mol. The van der Waals surface area contributed by atoms with E-state index >= 15 is 0 Å². The van der Waals surface area contributed by atoms with Crippen LogP contribution in [0.4, 0.5) is 0 Å². The van der Waals surface area contributed by atoms with E-state index in [1.165, 1.54) is 114 Å². The van der Waals surface area contributed by atoms with Crippen LogP contribution in [0.15, 0.2) is 0 Å². The Morgan fingerprint density at radius 1 is 0.696 bits per heavy atom. The molecule has 0 aromatic carbocycles. The smallest absolute Gasteiger partial charge is 0.0843 e. The van der Waals surface area contributed by atoms with Crippen molar-refractivity contribution >= 4 is 0 Å². The zero-order valence-corrected chi connectivity index (χ0v) is 16.4. The van der Waals surface area contributed by atoms with E-state index in [-0.39, 0.29) is 0 Å². The largest absolute Gasteiger partial charge is 0.326 e. The highest BCUT2D eigenvalue weighted by molar-refractivity contribution is 4.86. The van der Waals surface area contributed by atoms with Crippen LogP contribution in [-0.2, 0) is 0 Å². The van der Waals surface area contributed by atoms with Crippen molar-refractivity contribution in [2.24, 2.45) is 5.41 Å². The summed E-state index contributed by atoms with van der Waals surface area (Å²) in [5, 5.41) is 0. The summed E-state index contributed by atoms with van der Waals surface area (Å²) in [7, 11) is 2.55. The Kier molecular flexibility index (Phi) is 8.44. The van der Waals surface area contributed by atoms with Gasteiger partial charge in [-0.1, -0.05) is 77.6 Å². The van der Waals surface area contributed by atoms with Gasteiger partial charge in [-0.15, -0.1) is 0 Å². The molecule has 1 aliphatic carbocycles. The number of nitrogens with zero attached hydrogens (tertiary/aromatic N) is 1. The summed E-state index contributed by atoms with van der Waals surface area (Å²) in [6.07, 6.45) is 23.8. The lowest BCUT2D eigenvalue weighted by atomic mass is 9.73. The van der Waals surface area contributed by atoms with E-state index in [0.717, 1.165) is 5.41 Å². The zero-order chi connectivity index (χ0) is 16.4. The maximum absolute atomic E-state index is 2.55. The predicted octanol–water partition coefficient (Wildman–Crippen LogP) is 6.71. The molecule has 1 heterocycles. The maximum atomic E-state index is 2.55. The van der Waals surface area contributed by atoms with Crippen LogP contribution >= 0.6 is 0 Å². The molecule has 1 unspecified atom stereocenters. The maximum Gasteiger partial charge on any atom is 0.0843 e. The summed E-state index contributed by atoms with van der Waals surface area (Å²) in [6, 6.07) is 0. The van der Waals surface area contributed by atoms with Crippen molar-refractivity contribution in [1.29, 1.82) is 0 Å². The number of hydrogen-bond acceptors (Lipinski definition) is 0. The Morgan fingerprint density at radius 3 is 1.87 bits per heavy atom. The van der Waals surface area contributed by atoms with E-state index in [4.69, 9.17) is 0 Å². The van der Waals surface area contributed by atoms with Crippen LogP contribution in [0.25, 0.3) is 0 Å². The standard InChI is InChI=1S/C22H44N/c1-3-4-5-6-7-8-9-10-11-15-19-23(2)20-18-22(21-23)16-13-12-14-17-22/h3-21H2,1-2H3/q+1. The molecule has 1 aliphatic heterocycles. The van der Waals surface area contributed by atoms with Gasteiger partial charge in [-0.25, -0.2) is 0 Å². The summed E-state index contributed by atoms with van der Waals surface area (Å²) in [6.45, 7) is 6.74. The third-order valence-electron chi connectivity index (χ3n) is 6.86. The summed E-state index contributed by atoms with van der Waals surface area (Å²) in [5.41, 5.74) is 0.769. The molecule has 2 rings (SSSR count). The average molecular weight is 323 g/mol. The van der Waals surface area contributed by atoms with E-state index in [1.54, 1.807) is 12.8 Å². The van der Waals surface area contributed by atoms with Gasteiger partial charge in [0.2, 0.25) is 0 Å². The molecule has 23 heavy (non-hydrogen) atoms. The summed E-state index contributed by atoms with van der Waals surface area (Å²) < 4.78 is 1.40. The average Bonchev–Trinajstić information content (AvgIpc) is 2.87. The third-order valence-corrected chi connectivity index (χ3v) is 6.86. The highest BCUT2D eigenvalue weighted by Gasteiger charge is 2.46. The molecule has 1 heteroatoms. The number of likely N-dealkylation sites (tertiary alicyclic amines) is 1. The first-order valence-electron chi connectivity index (χ1n) is 11.0. The molecular formula is C22H44N+. The number of unbranched alkanes of at least 4 members (excludes halogenated alkanes) is 9. The minimum Gasteiger partial charge on any atom is -0.326 e. The fourth-order valence-corrected chi connectivity index (χ4v) is 5.36. The second kappa shape index (κ2) is 10.1. The van der Waals surface area contributed by atoms with Crippen LogP contribution < -0.4 is 0 Å². The van der Waals surface area contributed by atoms with E-state index in [9.17, 15) is 0 Å². The second-order valence-electron chi connectivity index (χ2n) is 9.22. The van der Waals surface area contributed by atoms with Gasteiger partial charge in [0.25, 0.3) is 0 Å². The normalized spacial score (nSPS) is 26.9. The van der Waals surface area contributed by atoms with Crippen LogP contribution in [0.2, 0.25) is 0 Å². The first-order valence-corrected chi connectivity index (χ1v) is 11.0. The van der Waals surface area contributed by atoms with Gasteiger partial charge in [-0.2, -0.15) is 0 Å². The first-order chi connectivity index (χ1) is 11.2. The summed E-state index contributed by atoms with van der Waals surface area (Å²) in [5.74, 6) is 0. The van der Waals surface area contributed by atoms with Crippen molar-refractivity contribution in [2.75, 3.05) is 26.7 Å². The number of hydrogen-bond donors (Lipinski definition) is 0. The van der Waals surface area contributed by atoms with Crippen molar-refractivity contribution < 1.29 is 4.48 Å². The topological polar surface area (TPSA) is 0 Å². The van der Waals surface area contributed by atoms with Gasteiger partial charge in [0.05, 0.1) is 26.7 Å². The van der Waals surface area contributed by atoms with Crippen LogP contribution in [0, 0.1) is 5.41 Å². The predicted molar refractivity (Wildman–Crippen MR) is 103 cm³/mol. The molecule has 136 valence electrons. The van der Waals surface area contributed by atoms with Crippen LogP contribution in [0.1, 0.15) is 110 Å². The van der Waals surface area contributed by atoms with Crippen LogP contribution in [-0.4, -0.2) is 31.2 Å². The molecule has 0 N–H and O–H groups in total. The Bertz CT molecular complexity index is 305. The first kappa shape index (κ1) is 19.3. The molecule has 2 aliphatic rings. The van der Waals surface area contributed by atoms with E-state index < -0.39 is 0 Å². The van der Waals surface area contributed by atoms with Crippen molar-refractivity contribution in [2.45, 2.75) is 110 Å². The van der Waals surface area contributed by atoms with Gasteiger partial charge >= 0.3 is 0 Å². The molecule has 0 aromatic rings. The molecule has 0 radical (unpaired) electrons. The molecule has 2 fully saturated rings. The third kappa shape index (κ3) is 6.77. The Hall–Kier alpha value is -0.0400. The Morgan fingerprint density at radius 2 is 1.26 bits per heavy atom. The Labute approximate surface area is 146 Å². The monoisotopic (exact) mass is 322 g/mol.